The summed E-state index contributed by atoms with van der Waals surface area (Å²) in [5.41, 5.74) is 10.7. The molecular weight excluding hydrogens is 352 g/mol. The van der Waals surface area contributed by atoms with Crippen LogP contribution in [0.5, 0.6) is 5.75 Å². The first-order valence-corrected chi connectivity index (χ1v) is 9.51. The molecule has 148 valence electrons. The van der Waals surface area contributed by atoms with Gasteiger partial charge in [0.2, 0.25) is 0 Å². The summed E-state index contributed by atoms with van der Waals surface area (Å²) >= 11 is 0. The SMILES string of the molecule is C=C(N)c1cncc(OC(=O)N2CCN(Cc3cccc(C)c3C)C[C@H]2C)c1. The van der Waals surface area contributed by atoms with Crippen molar-refractivity contribution in [1.82, 2.24) is 14.8 Å². The fourth-order valence-electron chi connectivity index (χ4n) is 3.48. The van der Waals surface area contributed by atoms with Crippen molar-refractivity contribution < 1.29 is 9.53 Å². The van der Waals surface area contributed by atoms with Gasteiger partial charge in [-0.25, -0.2) is 4.79 Å². The van der Waals surface area contributed by atoms with Crippen molar-refractivity contribution in [3.63, 3.8) is 0 Å². The first-order chi connectivity index (χ1) is 13.3. The molecule has 2 heterocycles. The molecule has 3 rings (SSSR count). The molecule has 2 aromatic rings. The highest BCUT2D eigenvalue weighted by atomic mass is 16.6. The largest absolute Gasteiger partial charge is 0.415 e. The molecule has 6 heteroatoms. The van der Waals surface area contributed by atoms with Gasteiger partial charge in [0.15, 0.2) is 5.75 Å². The summed E-state index contributed by atoms with van der Waals surface area (Å²) in [6.45, 7) is 13.2. The Balaban J connectivity index is 1.60. The minimum atomic E-state index is -0.361. The van der Waals surface area contributed by atoms with Crippen LogP contribution in [0, 0.1) is 13.8 Å². The van der Waals surface area contributed by atoms with E-state index in [2.05, 4.69) is 48.5 Å². The number of hydrogen-bond donors (Lipinski definition) is 1. The lowest BCUT2D eigenvalue weighted by Gasteiger charge is -2.39. The number of piperazine rings is 1. The zero-order chi connectivity index (χ0) is 20.3. The third kappa shape index (κ3) is 4.51. The van der Waals surface area contributed by atoms with E-state index >= 15 is 0 Å². The van der Waals surface area contributed by atoms with Crippen LogP contribution in [0.3, 0.4) is 0 Å². The zero-order valence-electron chi connectivity index (χ0n) is 16.8. The topological polar surface area (TPSA) is 71.7 Å². The summed E-state index contributed by atoms with van der Waals surface area (Å²) in [6.07, 6.45) is 2.74. The van der Waals surface area contributed by atoms with Crippen LogP contribution < -0.4 is 10.5 Å². The summed E-state index contributed by atoms with van der Waals surface area (Å²) in [4.78, 5) is 20.8. The van der Waals surface area contributed by atoms with Gasteiger partial charge in [-0.3, -0.25) is 9.88 Å². The van der Waals surface area contributed by atoms with E-state index in [9.17, 15) is 4.79 Å². The number of hydrogen-bond acceptors (Lipinski definition) is 5. The van der Waals surface area contributed by atoms with Crippen molar-refractivity contribution in [1.29, 1.82) is 0 Å². The van der Waals surface area contributed by atoms with E-state index in [-0.39, 0.29) is 12.1 Å². The highest BCUT2D eigenvalue weighted by Crippen LogP contribution is 2.20. The minimum absolute atomic E-state index is 0.0620. The molecule has 0 spiro atoms. The number of aromatic nitrogens is 1. The van der Waals surface area contributed by atoms with Crippen LogP contribution >= 0.6 is 0 Å². The maximum Gasteiger partial charge on any atom is 0.415 e. The smallest absolute Gasteiger partial charge is 0.409 e. The average molecular weight is 380 g/mol. The summed E-state index contributed by atoms with van der Waals surface area (Å²) in [5, 5.41) is 0. The van der Waals surface area contributed by atoms with Crippen molar-refractivity contribution in [2.45, 2.75) is 33.4 Å². The van der Waals surface area contributed by atoms with E-state index in [0.717, 1.165) is 19.6 Å². The van der Waals surface area contributed by atoms with Crippen LogP contribution in [0.1, 0.15) is 29.2 Å². The Bertz CT molecular complexity index is 881. The van der Waals surface area contributed by atoms with E-state index in [1.54, 1.807) is 17.2 Å². The maximum atomic E-state index is 12.6. The molecule has 1 atom stereocenters. The molecule has 0 bridgehead atoms. The van der Waals surface area contributed by atoms with Crippen molar-refractivity contribution in [2.75, 3.05) is 19.6 Å². The standard InChI is InChI=1S/C22H28N4O2/c1-15-6-5-7-19(17(15)3)14-25-8-9-26(16(2)13-25)22(27)28-21-10-20(18(4)23)11-24-12-21/h5-7,10-12,16H,4,8-9,13-14,23H2,1-3H3/t16-/m1/s1. The Morgan fingerprint density at radius 2 is 2.11 bits per heavy atom. The van der Waals surface area contributed by atoms with E-state index in [1.165, 1.54) is 22.9 Å². The lowest BCUT2D eigenvalue weighted by atomic mass is 10.0. The summed E-state index contributed by atoms with van der Waals surface area (Å²) < 4.78 is 5.51. The molecule has 6 nitrogen and oxygen atoms in total. The van der Waals surface area contributed by atoms with E-state index in [4.69, 9.17) is 10.5 Å². The third-order valence-corrected chi connectivity index (χ3v) is 5.35. The predicted molar refractivity (Wildman–Crippen MR) is 111 cm³/mol. The molecule has 0 radical (unpaired) electrons. The number of nitrogens with two attached hydrogens (primary N) is 1. The predicted octanol–water partition coefficient (Wildman–Crippen LogP) is 3.33. The van der Waals surface area contributed by atoms with Gasteiger partial charge in [0.1, 0.15) is 0 Å². The number of aryl methyl sites for hydroxylation is 1. The molecule has 1 saturated heterocycles. The molecular formula is C22H28N4O2. The van der Waals surface area contributed by atoms with Gasteiger partial charge in [0.05, 0.1) is 6.20 Å². The fraction of sp³-hybridized carbons (Fsp3) is 0.364. The first kappa shape index (κ1) is 19.9. The molecule has 1 amide bonds. The Labute approximate surface area is 166 Å². The van der Waals surface area contributed by atoms with Crippen molar-refractivity contribution in [2.24, 2.45) is 5.73 Å². The molecule has 1 fully saturated rings. The molecule has 0 unspecified atom stereocenters. The number of carbonyl (C=O) groups is 1. The van der Waals surface area contributed by atoms with Gasteiger partial charge in [0, 0.05) is 49.7 Å². The normalized spacial score (nSPS) is 17.4. The quantitative estimate of drug-likeness (QED) is 0.881. The number of rotatable bonds is 4. The van der Waals surface area contributed by atoms with Crippen molar-refractivity contribution >= 4 is 11.8 Å². The average Bonchev–Trinajstić information content (AvgIpc) is 2.65. The Morgan fingerprint density at radius 3 is 2.82 bits per heavy atom. The van der Waals surface area contributed by atoms with Crippen molar-refractivity contribution in [3.8, 4) is 5.75 Å². The van der Waals surface area contributed by atoms with E-state index in [0.29, 0.717) is 23.6 Å². The van der Waals surface area contributed by atoms with Gasteiger partial charge in [-0.1, -0.05) is 24.8 Å². The fourth-order valence-corrected chi connectivity index (χ4v) is 3.48. The second-order valence-electron chi connectivity index (χ2n) is 7.44. The van der Waals surface area contributed by atoms with Crippen LogP contribution in [0.2, 0.25) is 0 Å². The molecule has 1 aromatic carbocycles. The molecule has 1 aliphatic heterocycles. The van der Waals surface area contributed by atoms with Crippen LogP contribution in [0.15, 0.2) is 43.2 Å². The zero-order valence-corrected chi connectivity index (χ0v) is 16.8. The Kier molecular flexibility index (Phi) is 5.99. The number of nitrogens with zero attached hydrogens (tertiary/aromatic N) is 3. The molecule has 2 N–H and O–H groups in total. The Morgan fingerprint density at radius 1 is 1.32 bits per heavy atom. The number of ether oxygens (including phenoxy) is 1. The highest BCUT2D eigenvalue weighted by Gasteiger charge is 2.29. The second-order valence-corrected chi connectivity index (χ2v) is 7.44. The number of pyridine rings is 1. The van der Waals surface area contributed by atoms with Gasteiger partial charge in [-0.2, -0.15) is 0 Å². The van der Waals surface area contributed by atoms with Gasteiger partial charge in [-0.15, -0.1) is 0 Å². The lowest BCUT2D eigenvalue weighted by molar-refractivity contribution is 0.0751. The van der Waals surface area contributed by atoms with Crippen molar-refractivity contribution in [3.05, 3.63) is 65.5 Å². The molecule has 1 aliphatic rings. The van der Waals surface area contributed by atoms with Crippen LogP contribution in [0.25, 0.3) is 5.70 Å². The number of carbonyl (C=O) groups excluding carboxylic acids is 1. The summed E-state index contributed by atoms with van der Waals surface area (Å²) in [5.74, 6) is 0.374. The van der Waals surface area contributed by atoms with Gasteiger partial charge in [0.25, 0.3) is 0 Å². The van der Waals surface area contributed by atoms with Crippen LogP contribution in [-0.4, -0.2) is 46.6 Å². The minimum Gasteiger partial charge on any atom is -0.409 e. The molecule has 28 heavy (non-hydrogen) atoms. The first-order valence-electron chi connectivity index (χ1n) is 9.51. The Hall–Kier alpha value is -2.86. The van der Waals surface area contributed by atoms with E-state index in [1.807, 2.05) is 6.92 Å². The number of amides is 1. The lowest BCUT2D eigenvalue weighted by Crippen LogP contribution is -2.54. The summed E-state index contributed by atoms with van der Waals surface area (Å²) in [6, 6.07) is 8.16. The molecule has 0 aliphatic carbocycles. The second kappa shape index (κ2) is 8.44. The monoisotopic (exact) mass is 380 g/mol. The molecule has 0 saturated carbocycles. The van der Waals surface area contributed by atoms with Crippen LogP contribution in [0.4, 0.5) is 4.79 Å². The maximum absolute atomic E-state index is 12.6. The van der Waals surface area contributed by atoms with Gasteiger partial charge < -0.3 is 15.4 Å². The summed E-state index contributed by atoms with van der Waals surface area (Å²) in [7, 11) is 0. The number of benzene rings is 1. The third-order valence-electron chi connectivity index (χ3n) is 5.35. The van der Waals surface area contributed by atoms with Gasteiger partial charge >= 0.3 is 6.09 Å². The highest BCUT2D eigenvalue weighted by molar-refractivity contribution is 5.72. The van der Waals surface area contributed by atoms with E-state index < -0.39 is 0 Å². The van der Waals surface area contributed by atoms with Crippen LogP contribution in [-0.2, 0) is 6.54 Å². The molecule has 1 aromatic heterocycles. The van der Waals surface area contributed by atoms with Gasteiger partial charge in [-0.05, 0) is 43.5 Å².